The third-order valence-electron chi connectivity index (χ3n) is 8.34. The largest absolute Gasteiger partial charge is 0.510 e. The Balaban J connectivity index is 1.30. The van der Waals surface area contributed by atoms with Crippen LogP contribution in [0.2, 0.25) is 0 Å². The van der Waals surface area contributed by atoms with Crippen molar-refractivity contribution in [2.45, 2.75) is 52.7 Å². The molecule has 0 unspecified atom stereocenters. The first-order chi connectivity index (χ1) is 20.7. The van der Waals surface area contributed by atoms with Crippen molar-refractivity contribution in [3.63, 3.8) is 0 Å². The Hall–Kier alpha value is -3.99. The summed E-state index contributed by atoms with van der Waals surface area (Å²) in [6.07, 6.45) is -1.21. The van der Waals surface area contributed by atoms with Crippen LogP contribution < -0.4 is 10.8 Å². The van der Waals surface area contributed by atoms with Crippen molar-refractivity contribution in [3.05, 3.63) is 82.4 Å². The summed E-state index contributed by atoms with van der Waals surface area (Å²) in [6.45, 7) is 4.96. The number of piperazine rings is 1. The molecule has 0 radical (unpaired) electrons. The number of carbonyl (C=O) groups excluding carboxylic acids is 2. The number of halogens is 3. The van der Waals surface area contributed by atoms with Gasteiger partial charge in [-0.25, -0.2) is 9.59 Å². The average molecular weight is 608 g/mol. The number of nitrogens with one attached hydrogen (secondary N) is 1. The van der Waals surface area contributed by atoms with Crippen molar-refractivity contribution >= 4 is 30.3 Å². The van der Waals surface area contributed by atoms with Crippen molar-refractivity contribution in [1.29, 1.82) is 0 Å². The summed E-state index contributed by atoms with van der Waals surface area (Å²) >= 11 is 0. The summed E-state index contributed by atoms with van der Waals surface area (Å²) in [5.41, 5.74) is 3.58. The Labute approximate surface area is 256 Å². The van der Waals surface area contributed by atoms with Gasteiger partial charge < -0.3 is 27.3 Å². The van der Waals surface area contributed by atoms with E-state index in [0.717, 1.165) is 22.3 Å². The van der Waals surface area contributed by atoms with Gasteiger partial charge in [0.2, 0.25) is 0 Å². The molecule has 0 aromatic heterocycles. The molecule has 2 aliphatic rings. The molecule has 44 heavy (non-hydrogen) atoms. The first-order valence-electron chi connectivity index (χ1n) is 14.9. The van der Waals surface area contributed by atoms with E-state index in [-0.39, 0.29) is 35.9 Å². The van der Waals surface area contributed by atoms with Crippen molar-refractivity contribution in [2.24, 2.45) is 0 Å². The fraction of sp³-hybridized carbons (Fsp3) is 0.394. The van der Waals surface area contributed by atoms with Gasteiger partial charge in [-0.1, -0.05) is 59.7 Å². The molecule has 0 bridgehead atoms. The van der Waals surface area contributed by atoms with E-state index in [4.69, 9.17) is 9.47 Å². The van der Waals surface area contributed by atoms with E-state index in [1.54, 1.807) is 31.7 Å². The minimum atomic E-state index is -5.35. The predicted molar refractivity (Wildman–Crippen MR) is 166 cm³/mol. The highest BCUT2D eigenvalue weighted by Gasteiger charge is 2.33. The lowest BCUT2D eigenvalue weighted by atomic mass is 9.72. The maximum atomic E-state index is 14.3. The van der Waals surface area contributed by atoms with E-state index in [0.29, 0.717) is 31.7 Å². The van der Waals surface area contributed by atoms with Gasteiger partial charge in [-0.05, 0) is 68.5 Å². The fourth-order valence-electron chi connectivity index (χ4n) is 6.18. The predicted octanol–water partition coefficient (Wildman–Crippen LogP) is 6.77. The Kier molecular flexibility index (Phi) is 8.71. The second-order valence-electron chi connectivity index (χ2n) is 12.5. The zero-order valence-corrected chi connectivity index (χ0v) is 25.8. The fourth-order valence-corrected chi connectivity index (χ4v) is 6.18. The standard InChI is InChI=1S/C33H38BF3N3O4/c1-21-23(19-39-14-16-40(17-15-39)32(42)44-33(3,4)5)18-29(22(2)30(21)34(35,36)37)38-31(41)43-20-28-26-12-8-6-10-24(26)25-11-7-9-13-27(25)28/h6-13,18,28H,14-17,19-20H2,1-5H3,(H,38,41)/q-1. The molecule has 1 fully saturated rings. The number of hydrogen-bond acceptors (Lipinski definition) is 5. The lowest BCUT2D eigenvalue weighted by molar-refractivity contribution is 0.0139. The first-order valence-corrected chi connectivity index (χ1v) is 14.9. The van der Waals surface area contributed by atoms with Gasteiger partial charge in [-0.15, -0.1) is 5.46 Å². The van der Waals surface area contributed by atoms with Crippen LogP contribution in [-0.4, -0.2) is 67.4 Å². The zero-order valence-electron chi connectivity index (χ0n) is 25.8. The van der Waals surface area contributed by atoms with Crippen LogP contribution >= 0.6 is 0 Å². The summed E-state index contributed by atoms with van der Waals surface area (Å²) in [4.78, 5) is 29.1. The molecule has 1 heterocycles. The molecule has 1 aliphatic heterocycles. The van der Waals surface area contributed by atoms with Crippen LogP contribution in [-0.2, 0) is 16.0 Å². The van der Waals surface area contributed by atoms with Crippen molar-refractivity contribution in [2.75, 3.05) is 38.1 Å². The molecule has 0 atom stereocenters. The number of rotatable bonds is 6. The van der Waals surface area contributed by atoms with Crippen LogP contribution in [0.1, 0.15) is 54.5 Å². The summed E-state index contributed by atoms with van der Waals surface area (Å²) in [7, 11) is 0. The average Bonchev–Trinajstić information content (AvgIpc) is 3.27. The first kappa shape index (κ1) is 31.4. The van der Waals surface area contributed by atoms with Gasteiger partial charge in [-0.3, -0.25) is 10.2 Å². The number of benzene rings is 3. The SMILES string of the molecule is Cc1c(CN2CCN(C(=O)OC(C)(C)C)CC2)cc(NC(=O)OCC2c3ccccc3-c3ccccc32)c(C)c1[B-](F)(F)F. The number of carbonyl (C=O) groups is 2. The van der Waals surface area contributed by atoms with Gasteiger partial charge >= 0.3 is 19.2 Å². The van der Waals surface area contributed by atoms with Crippen LogP contribution in [0.5, 0.6) is 0 Å². The minimum Gasteiger partial charge on any atom is -0.448 e. The van der Waals surface area contributed by atoms with Crippen molar-refractivity contribution in [1.82, 2.24) is 9.80 Å². The molecule has 3 aromatic rings. The quantitative estimate of drug-likeness (QED) is 0.313. The smallest absolute Gasteiger partial charge is 0.448 e. The van der Waals surface area contributed by atoms with E-state index in [1.807, 2.05) is 53.4 Å². The third-order valence-corrected chi connectivity index (χ3v) is 8.34. The van der Waals surface area contributed by atoms with Crippen LogP contribution in [0.15, 0.2) is 54.6 Å². The summed E-state index contributed by atoms with van der Waals surface area (Å²) in [5.74, 6) is -0.170. The highest BCUT2D eigenvalue weighted by molar-refractivity contribution is 6.74. The van der Waals surface area contributed by atoms with Crippen molar-refractivity contribution in [3.8, 4) is 11.1 Å². The van der Waals surface area contributed by atoms with Gasteiger partial charge in [0.1, 0.15) is 12.2 Å². The summed E-state index contributed by atoms with van der Waals surface area (Å²) < 4.78 is 54.1. The van der Waals surface area contributed by atoms with Crippen LogP contribution in [0.3, 0.4) is 0 Å². The number of hydrogen-bond donors (Lipinski definition) is 1. The molecule has 11 heteroatoms. The van der Waals surface area contributed by atoms with E-state index >= 15 is 0 Å². The zero-order chi connectivity index (χ0) is 31.8. The topological polar surface area (TPSA) is 71.1 Å². The number of fused-ring (bicyclic) bond motifs is 3. The van der Waals surface area contributed by atoms with E-state index < -0.39 is 30.2 Å². The maximum absolute atomic E-state index is 14.3. The molecule has 3 aromatic carbocycles. The van der Waals surface area contributed by atoms with Crippen LogP contribution in [0.4, 0.5) is 28.2 Å². The van der Waals surface area contributed by atoms with E-state index in [2.05, 4.69) is 5.32 Å². The molecule has 0 spiro atoms. The van der Waals surface area contributed by atoms with E-state index in [9.17, 15) is 22.5 Å². The van der Waals surface area contributed by atoms with Gasteiger partial charge in [0.15, 0.2) is 0 Å². The monoisotopic (exact) mass is 608 g/mol. The maximum Gasteiger partial charge on any atom is 0.510 e. The lowest BCUT2D eigenvalue weighted by Gasteiger charge is -2.36. The molecule has 234 valence electrons. The van der Waals surface area contributed by atoms with Gasteiger partial charge in [0.05, 0.1) is 0 Å². The number of nitrogens with zero attached hydrogens (tertiary/aromatic N) is 2. The molecule has 1 aliphatic carbocycles. The molecule has 7 nitrogen and oxygen atoms in total. The van der Waals surface area contributed by atoms with E-state index in [1.165, 1.54) is 13.8 Å². The third kappa shape index (κ3) is 6.72. The molecule has 2 amide bonds. The molecule has 0 saturated carbocycles. The normalized spacial score (nSPS) is 15.5. The Morgan fingerprint density at radius 2 is 1.48 bits per heavy atom. The molecule has 1 saturated heterocycles. The van der Waals surface area contributed by atoms with Crippen LogP contribution in [0, 0.1) is 13.8 Å². The molecule has 1 N–H and O–H groups in total. The molecule has 5 rings (SSSR count). The highest BCUT2D eigenvalue weighted by Crippen LogP contribution is 2.44. The molecular formula is C33H38BF3N3O4-. The number of ether oxygens (including phenoxy) is 2. The number of anilines is 1. The van der Waals surface area contributed by atoms with Gasteiger partial charge in [-0.2, -0.15) is 0 Å². The Morgan fingerprint density at radius 1 is 0.909 bits per heavy atom. The van der Waals surface area contributed by atoms with Crippen molar-refractivity contribution < 1.29 is 32.0 Å². The summed E-state index contributed by atoms with van der Waals surface area (Å²) in [6, 6.07) is 17.5. The Morgan fingerprint density at radius 3 is 2.02 bits per heavy atom. The molecular weight excluding hydrogens is 570 g/mol. The lowest BCUT2D eigenvalue weighted by Crippen LogP contribution is -2.49. The van der Waals surface area contributed by atoms with Gasteiger partial charge in [0.25, 0.3) is 0 Å². The van der Waals surface area contributed by atoms with Gasteiger partial charge in [0, 0.05) is 44.3 Å². The highest BCUT2D eigenvalue weighted by atomic mass is 19.4. The second kappa shape index (κ2) is 12.2. The minimum absolute atomic E-state index is 0.0398. The Bertz CT molecular complexity index is 1520. The van der Waals surface area contributed by atoms with Crippen LogP contribution in [0.25, 0.3) is 11.1 Å². The second-order valence-corrected chi connectivity index (χ2v) is 12.5. The summed E-state index contributed by atoms with van der Waals surface area (Å²) in [5, 5.41) is 2.60. The number of amides is 2.